The van der Waals surface area contributed by atoms with Gasteiger partial charge in [0.25, 0.3) is 0 Å². The molecule has 1 saturated carbocycles. The lowest BCUT2D eigenvalue weighted by atomic mass is 10.0. The Bertz CT molecular complexity index is 267. The molecule has 0 aliphatic heterocycles. The van der Waals surface area contributed by atoms with Gasteiger partial charge in [-0.3, -0.25) is 9.59 Å². The largest absolute Gasteiger partial charge is 0.368 e. The molecule has 0 aromatic heterocycles. The van der Waals surface area contributed by atoms with Gasteiger partial charge in [0, 0.05) is 0 Å². The summed E-state index contributed by atoms with van der Waals surface area (Å²) in [6.45, 7) is 4.85. The molecule has 1 aliphatic carbocycles. The molecule has 17 heavy (non-hydrogen) atoms. The maximum Gasteiger partial charge on any atom is 0.240 e. The van der Waals surface area contributed by atoms with Crippen LogP contribution < -0.4 is 16.4 Å². The van der Waals surface area contributed by atoms with Gasteiger partial charge in [-0.25, -0.2) is 0 Å². The number of hydrogen-bond donors (Lipinski definition) is 3. The maximum atomic E-state index is 11.5. The average molecular weight is 264 g/mol. The number of rotatable bonds is 7. The van der Waals surface area contributed by atoms with Crippen LogP contribution in [0.1, 0.15) is 26.7 Å². The van der Waals surface area contributed by atoms with Crippen LogP contribution >= 0.6 is 12.4 Å². The molecule has 1 aliphatic rings. The Hall–Kier alpha value is -0.810. The van der Waals surface area contributed by atoms with Gasteiger partial charge >= 0.3 is 0 Å². The second-order valence-electron chi connectivity index (χ2n) is 4.77. The molecule has 5 nitrogen and oxygen atoms in total. The lowest BCUT2D eigenvalue weighted by Crippen LogP contribution is -2.50. The smallest absolute Gasteiger partial charge is 0.240 e. The summed E-state index contributed by atoms with van der Waals surface area (Å²) in [4.78, 5) is 22.5. The van der Waals surface area contributed by atoms with E-state index >= 15 is 0 Å². The first-order chi connectivity index (χ1) is 7.50. The van der Waals surface area contributed by atoms with Crippen LogP contribution in [0.15, 0.2) is 0 Å². The highest BCUT2D eigenvalue weighted by atomic mass is 35.5. The van der Waals surface area contributed by atoms with Crippen LogP contribution in [0.5, 0.6) is 0 Å². The Morgan fingerprint density at radius 3 is 2.35 bits per heavy atom. The first-order valence-electron chi connectivity index (χ1n) is 5.80. The number of nitrogens with two attached hydrogens (primary N) is 1. The highest BCUT2D eigenvalue weighted by Crippen LogP contribution is 2.27. The normalized spacial score (nSPS) is 16.2. The third-order valence-corrected chi connectivity index (χ3v) is 2.71. The summed E-state index contributed by atoms with van der Waals surface area (Å²) in [6, 6.07) is -0.574. The maximum absolute atomic E-state index is 11.5. The number of primary amides is 1. The first-order valence-corrected chi connectivity index (χ1v) is 5.80. The van der Waals surface area contributed by atoms with Crippen molar-refractivity contribution in [2.45, 2.75) is 32.7 Å². The van der Waals surface area contributed by atoms with Crippen LogP contribution in [0, 0.1) is 11.8 Å². The monoisotopic (exact) mass is 263 g/mol. The topological polar surface area (TPSA) is 84.2 Å². The zero-order valence-corrected chi connectivity index (χ0v) is 11.2. The zero-order chi connectivity index (χ0) is 12.1. The minimum atomic E-state index is -0.574. The molecular weight excluding hydrogens is 242 g/mol. The molecule has 0 aromatic carbocycles. The van der Waals surface area contributed by atoms with E-state index in [1.165, 1.54) is 12.8 Å². The molecule has 6 heteroatoms. The summed E-state index contributed by atoms with van der Waals surface area (Å²) >= 11 is 0. The number of nitrogens with one attached hydrogen (secondary N) is 2. The molecule has 1 atom stereocenters. The molecule has 1 rings (SSSR count). The van der Waals surface area contributed by atoms with Gasteiger partial charge in [0.05, 0.1) is 6.54 Å². The van der Waals surface area contributed by atoms with Gasteiger partial charge < -0.3 is 16.4 Å². The van der Waals surface area contributed by atoms with E-state index in [1.54, 1.807) is 0 Å². The molecule has 1 fully saturated rings. The first kappa shape index (κ1) is 16.2. The second-order valence-corrected chi connectivity index (χ2v) is 4.77. The minimum Gasteiger partial charge on any atom is -0.368 e. The number of carbonyl (C=O) groups is 2. The van der Waals surface area contributed by atoms with Crippen molar-refractivity contribution in [3.05, 3.63) is 0 Å². The zero-order valence-electron chi connectivity index (χ0n) is 10.4. The predicted molar refractivity (Wildman–Crippen MR) is 68.8 cm³/mol. The van der Waals surface area contributed by atoms with Crippen molar-refractivity contribution in [2.24, 2.45) is 17.6 Å². The van der Waals surface area contributed by atoms with E-state index < -0.39 is 11.9 Å². The van der Waals surface area contributed by atoms with E-state index in [4.69, 9.17) is 5.73 Å². The van der Waals surface area contributed by atoms with Crippen molar-refractivity contribution >= 4 is 24.2 Å². The lowest BCUT2D eigenvalue weighted by molar-refractivity contribution is -0.127. The van der Waals surface area contributed by atoms with Crippen molar-refractivity contribution in [1.82, 2.24) is 10.6 Å². The van der Waals surface area contributed by atoms with Crippen molar-refractivity contribution in [3.8, 4) is 0 Å². The summed E-state index contributed by atoms with van der Waals surface area (Å²) in [5.41, 5.74) is 5.20. The van der Waals surface area contributed by atoms with E-state index in [9.17, 15) is 9.59 Å². The summed E-state index contributed by atoms with van der Waals surface area (Å²) in [5.74, 6) is 0.110. The quantitative estimate of drug-likeness (QED) is 0.606. The van der Waals surface area contributed by atoms with Gasteiger partial charge in [-0.1, -0.05) is 13.8 Å². The summed E-state index contributed by atoms with van der Waals surface area (Å²) < 4.78 is 0. The SMILES string of the molecule is CC(C)C(NC(=O)CNCC1CC1)C(N)=O.Cl. The highest BCUT2D eigenvalue weighted by Gasteiger charge is 2.23. The summed E-state index contributed by atoms with van der Waals surface area (Å²) in [7, 11) is 0. The van der Waals surface area contributed by atoms with E-state index in [0.717, 1.165) is 12.5 Å². The van der Waals surface area contributed by atoms with E-state index in [-0.39, 0.29) is 30.8 Å². The Balaban J connectivity index is 0.00000256. The van der Waals surface area contributed by atoms with Gasteiger partial charge in [0.1, 0.15) is 6.04 Å². The van der Waals surface area contributed by atoms with Crippen molar-refractivity contribution in [2.75, 3.05) is 13.1 Å². The third kappa shape index (κ3) is 6.48. The molecule has 2 amide bonds. The second kappa shape index (κ2) is 7.50. The standard InChI is InChI=1S/C11H21N3O2.ClH/c1-7(2)10(11(12)16)14-9(15)6-13-5-8-3-4-8;/h7-8,10,13H,3-6H2,1-2H3,(H2,12,16)(H,14,15);1H. The predicted octanol–water partition coefficient (Wildman–Crippen LogP) is 0.0339. The Labute approximate surface area is 108 Å². The summed E-state index contributed by atoms with van der Waals surface area (Å²) in [5, 5.41) is 5.70. The third-order valence-electron chi connectivity index (χ3n) is 2.71. The Morgan fingerprint density at radius 1 is 1.35 bits per heavy atom. The van der Waals surface area contributed by atoms with Gasteiger partial charge in [-0.05, 0) is 31.2 Å². The van der Waals surface area contributed by atoms with Crippen LogP contribution in [0.3, 0.4) is 0 Å². The minimum absolute atomic E-state index is 0. The number of halogens is 1. The molecule has 0 saturated heterocycles. The Kier molecular flexibility index (Phi) is 7.15. The molecule has 0 aromatic rings. The average Bonchev–Trinajstić information content (AvgIpc) is 2.97. The Morgan fingerprint density at radius 2 is 1.94 bits per heavy atom. The lowest BCUT2D eigenvalue weighted by Gasteiger charge is -2.18. The molecule has 4 N–H and O–H groups in total. The van der Waals surface area contributed by atoms with Crippen LogP contribution in [0.25, 0.3) is 0 Å². The molecule has 0 radical (unpaired) electrons. The van der Waals surface area contributed by atoms with Crippen molar-refractivity contribution in [3.63, 3.8) is 0 Å². The van der Waals surface area contributed by atoms with Crippen LogP contribution in [0.2, 0.25) is 0 Å². The molecule has 0 bridgehead atoms. The molecule has 1 unspecified atom stereocenters. The fourth-order valence-electron chi connectivity index (χ4n) is 1.50. The van der Waals surface area contributed by atoms with Crippen LogP contribution in [-0.4, -0.2) is 30.9 Å². The fourth-order valence-corrected chi connectivity index (χ4v) is 1.50. The highest BCUT2D eigenvalue weighted by molar-refractivity contribution is 5.87. The number of amides is 2. The van der Waals surface area contributed by atoms with E-state index in [1.807, 2.05) is 13.8 Å². The molecular formula is C11H22ClN3O2. The van der Waals surface area contributed by atoms with E-state index in [2.05, 4.69) is 10.6 Å². The van der Waals surface area contributed by atoms with Crippen LogP contribution in [0.4, 0.5) is 0 Å². The van der Waals surface area contributed by atoms with Crippen molar-refractivity contribution in [1.29, 1.82) is 0 Å². The molecule has 100 valence electrons. The molecule has 0 heterocycles. The fraction of sp³-hybridized carbons (Fsp3) is 0.818. The number of hydrogen-bond acceptors (Lipinski definition) is 3. The molecule has 0 spiro atoms. The van der Waals surface area contributed by atoms with Crippen LogP contribution in [-0.2, 0) is 9.59 Å². The van der Waals surface area contributed by atoms with Gasteiger partial charge in [0.2, 0.25) is 11.8 Å². The van der Waals surface area contributed by atoms with Gasteiger partial charge in [-0.2, -0.15) is 0 Å². The van der Waals surface area contributed by atoms with Gasteiger partial charge in [-0.15, -0.1) is 12.4 Å². The number of carbonyl (C=O) groups excluding carboxylic acids is 2. The van der Waals surface area contributed by atoms with E-state index in [0.29, 0.717) is 0 Å². The van der Waals surface area contributed by atoms with Crippen molar-refractivity contribution < 1.29 is 9.59 Å². The van der Waals surface area contributed by atoms with Gasteiger partial charge in [0.15, 0.2) is 0 Å². The summed E-state index contributed by atoms with van der Waals surface area (Å²) in [6.07, 6.45) is 2.51.